The second kappa shape index (κ2) is 5.44. The van der Waals surface area contributed by atoms with Gasteiger partial charge in [-0.2, -0.15) is 0 Å². The Labute approximate surface area is 131 Å². The fourth-order valence-electron chi connectivity index (χ4n) is 1.57. The molecule has 0 aliphatic heterocycles. The molecule has 0 saturated heterocycles. The summed E-state index contributed by atoms with van der Waals surface area (Å²) in [6.45, 7) is 3.35. The first-order valence-corrected chi connectivity index (χ1v) is 8.54. The molecule has 0 aliphatic carbocycles. The molecule has 1 heterocycles. The number of sulfonamides is 1. The van der Waals surface area contributed by atoms with Crippen LogP contribution in [0.1, 0.15) is 11.1 Å². The molecule has 1 aromatic heterocycles. The minimum absolute atomic E-state index is 0.0391. The van der Waals surface area contributed by atoms with E-state index in [0.717, 1.165) is 11.3 Å². The lowest BCUT2D eigenvalue weighted by molar-refractivity contribution is 0.473. The number of nitrogens with one attached hydrogen (secondary N) is 1. The van der Waals surface area contributed by atoms with Crippen LogP contribution in [0.15, 0.2) is 22.4 Å². The number of phenols is 1. The number of hydrogen-bond acceptors (Lipinski definition) is 4. The fraction of sp³-hybridized carbons (Fsp3) is 0.167. The van der Waals surface area contributed by atoms with Crippen LogP contribution in [-0.2, 0) is 10.0 Å². The van der Waals surface area contributed by atoms with Gasteiger partial charge in [0.1, 0.15) is 9.96 Å². The normalized spacial score (nSPS) is 11.6. The molecule has 0 fully saturated rings. The Morgan fingerprint density at radius 1 is 1.15 bits per heavy atom. The van der Waals surface area contributed by atoms with Crippen molar-refractivity contribution in [3.8, 4) is 5.75 Å². The van der Waals surface area contributed by atoms with Crippen LogP contribution in [0.4, 0.5) is 5.69 Å². The first kappa shape index (κ1) is 15.4. The summed E-state index contributed by atoms with van der Waals surface area (Å²) in [5.74, 6) is -0.155. The molecule has 2 aromatic rings. The number of aryl methyl sites for hydroxylation is 2. The maximum absolute atomic E-state index is 12.2. The van der Waals surface area contributed by atoms with Crippen molar-refractivity contribution < 1.29 is 13.5 Å². The van der Waals surface area contributed by atoms with Gasteiger partial charge in [-0.25, -0.2) is 8.42 Å². The molecule has 2 rings (SSSR count). The second-order valence-electron chi connectivity index (χ2n) is 4.25. The highest BCUT2D eigenvalue weighted by atomic mass is 35.5. The van der Waals surface area contributed by atoms with Crippen LogP contribution in [0, 0.1) is 13.8 Å². The van der Waals surface area contributed by atoms with Gasteiger partial charge >= 0.3 is 0 Å². The summed E-state index contributed by atoms with van der Waals surface area (Å²) < 4.78 is 27.3. The lowest BCUT2D eigenvalue weighted by Crippen LogP contribution is -2.11. The van der Waals surface area contributed by atoms with Crippen molar-refractivity contribution in [2.45, 2.75) is 18.1 Å². The predicted octanol–water partition coefficient (Wildman–Crippen LogP) is 4.18. The Morgan fingerprint density at radius 3 is 2.35 bits per heavy atom. The van der Waals surface area contributed by atoms with Crippen molar-refractivity contribution in [3.05, 3.63) is 38.7 Å². The van der Waals surface area contributed by atoms with Crippen molar-refractivity contribution in [1.29, 1.82) is 0 Å². The van der Waals surface area contributed by atoms with Gasteiger partial charge in [-0.1, -0.05) is 23.2 Å². The summed E-state index contributed by atoms with van der Waals surface area (Å²) in [6, 6.07) is 4.37. The highest BCUT2D eigenvalue weighted by Gasteiger charge is 2.20. The molecule has 20 heavy (non-hydrogen) atoms. The van der Waals surface area contributed by atoms with Gasteiger partial charge in [0, 0.05) is 5.02 Å². The van der Waals surface area contributed by atoms with E-state index in [-0.39, 0.29) is 15.6 Å². The van der Waals surface area contributed by atoms with E-state index in [4.69, 9.17) is 23.2 Å². The smallest absolute Gasteiger partial charge is 0.271 e. The molecule has 0 bridgehead atoms. The van der Waals surface area contributed by atoms with Crippen molar-refractivity contribution >= 4 is 50.2 Å². The van der Waals surface area contributed by atoms with E-state index in [1.807, 2.05) is 0 Å². The van der Waals surface area contributed by atoms with Crippen LogP contribution in [-0.4, -0.2) is 13.5 Å². The van der Waals surface area contributed by atoms with E-state index < -0.39 is 10.0 Å². The Hall–Kier alpha value is -0.950. The molecule has 2 N–H and O–H groups in total. The highest BCUT2D eigenvalue weighted by Crippen LogP contribution is 2.35. The zero-order chi connectivity index (χ0) is 15.1. The van der Waals surface area contributed by atoms with Crippen LogP contribution in [0.25, 0.3) is 0 Å². The standard InChI is InChI=1S/C12H11Cl2NO3S2/c1-6-3-8(13)5-9(11(6)16)15-20(17,18)10-4-7(2)12(14)19-10/h3-5,15-16H,1-2H3. The number of halogens is 2. The first-order valence-electron chi connectivity index (χ1n) is 5.48. The maximum atomic E-state index is 12.2. The fourth-order valence-corrected chi connectivity index (χ4v) is 4.61. The molecule has 1 aromatic carbocycles. The van der Waals surface area contributed by atoms with Gasteiger partial charge in [0.2, 0.25) is 0 Å². The lowest BCUT2D eigenvalue weighted by atomic mass is 10.2. The molecule has 0 saturated carbocycles. The Morgan fingerprint density at radius 2 is 1.80 bits per heavy atom. The van der Waals surface area contributed by atoms with Crippen LogP contribution in [0.2, 0.25) is 9.36 Å². The Balaban J connectivity index is 2.43. The third-order valence-corrected chi connectivity index (χ3v) is 6.22. The summed E-state index contributed by atoms with van der Waals surface area (Å²) in [5, 5.41) is 10.2. The zero-order valence-corrected chi connectivity index (χ0v) is 13.7. The summed E-state index contributed by atoms with van der Waals surface area (Å²) in [5.41, 5.74) is 1.20. The minimum Gasteiger partial charge on any atom is -0.505 e. The van der Waals surface area contributed by atoms with Crippen LogP contribution < -0.4 is 4.72 Å². The van der Waals surface area contributed by atoms with Crippen molar-refractivity contribution in [1.82, 2.24) is 0 Å². The van der Waals surface area contributed by atoms with Crippen molar-refractivity contribution in [3.63, 3.8) is 0 Å². The molecule has 8 heteroatoms. The lowest BCUT2D eigenvalue weighted by Gasteiger charge is -2.10. The SMILES string of the molecule is Cc1cc(S(=O)(=O)Nc2cc(Cl)cc(C)c2O)sc1Cl. The van der Waals surface area contributed by atoms with Crippen LogP contribution in [0.5, 0.6) is 5.75 Å². The molecule has 4 nitrogen and oxygen atoms in total. The van der Waals surface area contributed by atoms with Gasteiger partial charge in [-0.15, -0.1) is 11.3 Å². The number of phenolic OH excluding ortho intramolecular Hbond substituents is 1. The largest absolute Gasteiger partial charge is 0.505 e. The van der Waals surface area contributed by atoms with Gasteiger partial charge in [0.25, 0.3) is 10.0 Å². The molecule has 0 amide bonds. The molecule has 0 spiro atoms. The summed E-state index contributed by atoms with van der Waals surface area (Å²) in [6.07, 6.45) is 0. The van der Waals surface area contributed by atoms with Crippen LogP contribution >= 0.6 is 34.5 Å². The van der Waals surface area contributed by atoms with E-state index in [1.165, 1.54) is 12.1 Å². The molecule has 0 unspecified atom stereocenters. The number of anilines is 1. The minimum atomic E-state index is -3.81. The summed E-state index contributed by atoms with van der Waals surface area (Å²) in [7, 11) is -3.81. The average molecular weight is 352 g/mol. The maximum Gasteiger partial charge on any atom is 0.271 e. The third kappa shape index (κ3) is 3.03. The van der Waals surface area contributed by atoms with Crippen molar-refractivity contribution in [2.75, 3.05) is 4.72 Å². The number of rotatable bonds is 3. The number of benzene rings is 1. The zero-order valence-electron chi connectivity index (χ0n) is 10.6. The Bertz CT molecular complexity index is 750. The van der Waals surface area contributed by atoms with Gasteiger partial charge in [0.05, 0.1) is 10.0 Å². The summed E-state index contributed by atoms with van der Waals surface area (Å²) >= 11 is 12.7. The van der Waals surface area contributed by atoms with Gasteiger partial charge in [-0.05, 0) is 43.2 Å². The van der Waals surface area contributed by atoms with Gasteiger partial charge < -0.3 is 5.11 Å². The van der Waals surface area contributed by atoms with E-state index in [0.29, 0.717) is 20.5 Å². The van der Waals surface area contributed by atoms with E-state index in [1.54, 1.807) is 19.9 Å². The predicted molar refractivity (Wildman–Crippen MR) is 82.7 cm³/mol. The molecule has 108 valence electrons. The highest BCUT2D eigenvalue weighted by molar-refractivity contribution is 7.94. The molecule has 0 aliphatic rings. The van der Waals surface area contributed by atoms with E-state index in [2.05, 4.69) is 4.72 Å². The molecule has 0 atom stereocenters. The van der Waals surface area contributed by atoms with Gasteiger partial charge in [-0.3, -0.25) is 4.72 Å². The third-order valence-electron chi connectivity index (χ3n) is 2.61. The Kier molecular flexibility index (Phi) is 4.20. The average Bonchev–Trinajstić information content (AvgIpc) is 2.66. The molecular formula is C12H11Cl2NO3S2. The number of hydrogen-bond donors (Lipinski definition) is 2. The molecular weight excluding hydrogens is 341 g/mol. The van der Waals surface area contributed by atoms with Crippen molar-refractivity contribution in [2.24, 2.45) is 0 Å². The quantitative estimate of drug-likeness (QED) is 0.815. The second-order valence-corrected chi connectivity index (χ2v) is 8.25. The van der Waals surface area contributed by atoms with E-state index >= 15 is 0 Å². The van der Waals surface area contributed by atoms with Gasteiger partial charge in [0.15, 0.2) is 0 Å². The van der Waals surface area contributed by atoms with Crippen LogP contribution in [0.3, 0.4) is 0 Å². The number of thiophene rings is 1. The number of aromatic hydroxyl groups is 1. The monoisotopic (exact) mass is 351 g/mol. The molecule has 0 radical (unpaired) electrons. The van der Waals surface area contributed by atoms with E-state index in [9.17, 15) is 13.5 Å². The summed E-state index contributed by atoms with van der Waals surface area (Å²) in [4.78, 5) is 0. The topological polar surface area (TPSA) is 66.4 Å². The first-order chi connectivity index (χ1) is 9.20.